The van der Waals surface area contributed by atoms with E-state index in [4.69, 9.17) is 9.05 Å². The lowest BCUT2D eigenvalue weighted by atomic mass is 10.5. The molecule has 1 atom stereocenters. The summed E-state index contributed by atoms with van der Waals surface area (Å²) < 4.78 is 22.2. The Labute approximate surface area is 89.6 Å². The van der Waals surface area contributed by atoms with Crippen LogP contribution < -0.4 is 0 Å². The molecular weight excluding hydrogens is 221 g/mol. The third-order valence-electron chi connectivity index (χ3n) is 1.48. The zero-order valence-corrected chi connectivity index (χ0v) is 10.6. The molecule has 0 unspecified atom stereocenters. The fourth-order valence-electron chi connectivity index (χ4n) is 0.904. The van der Waals surface area contributed by atoms with Gasteiger partial charge in [-0.1, -0.05) is 0 Å². The van der Waals surface area contributed by atoms with Crippen molar-refractivity contribution >= 4 is 7.60 Å². The Bertz CT molecular complexity index is 252. The normalized spacial score (nSPS) is 14.6. The van der Waals surface area contributed by atoms with Crippen molar-refractivity contribution in [1.29, 1.82) is 0 Å². The largest absolute Gasteiger partial charge is 0.404 e. The van der Waals surface area contributed by atoms with Gasteiger partial charge in [0.1, 0.15) is 0 Å². The molecule has 0 aromatic rings. The maximum absolute atomic E-state index is 12.1. The molecule has 90 valence electrons. The predicted octanol–water partition coefficient (Wildman–Crippen LogP) is 2.65. The van der Waals surface area contributed by atoms with Crippen molar-refractivity contribution in [1.82, 2.24) is 0 Å². The van der Waals surface area contributed by atoms with Crippen LogP contribution in [0.5, 0.6) is 0 Å². The summed E-state index contributed by atoms with van der Waals surface area (Å²) in [5.74, 6) is -1.35. The lowest BCUT2D eigenvalue weighted by Crippen LogP contribution is -2.22. The Morgan fingerprint density at radius 2 is 1.40 bits per heavy atom. The van der Waals surface area contributed by atoms with Gasteiger partial charge < -0.3 is 9.05 Å². The number of hydrogen-bond donors (Lipinski definition) is 0. The van der Waals surface area contributed by atoms with Crippen LogP contribution in [-0.4, -0.2) is 22.9 Å². The second kappa shape index (κ2) is 5.58. The number of rotatable bonds is 6. The van der Waals surface area contributed by atoms with Gasteiger partial charge in [-0.05, 0) is 27.7 Å². The van der Waals surface area contributed by atoms with Crippen molar-refractivity contribution in [2.75, 3.05) is 0 Å². The highest BCUT2D eigenvalue weighted by Gasteiger charge is 2.43. The second-order valence-electron chi connectivity index (χ2n) is 3.77. The molecule has 15 heavy (non-hydrogen) atoms. The van der Waals surface area contributed by atoms with Gasteiger partial charge in [0.15, 0.2) is 0 Å². The minimum Gasteiger partial charge on any atom is -0.301 e. The highest BCUT2D eigenvalue weighted by Crippen LogP contribution is 2.54. The fraction of sp³-hybridized carbons (Fsp3) is 1.00. The van der Waals surface area contributed by atoms with E-state index >= 15 is 0 Å². The number of nitro groups is 1. The maximum Gasteiger partial charge on any atom is 0.404 e. The van der Waals surface area contributed by atoms with Crippen molar-refractivity contribution < 1.29 is 18.5 Å². The smallest absolute Gasteiger partial charge is 0.301 e. The molecule has 0 amide bonds. The number of hydrogen-bond acceptors (Lipinski definition) is 5. The molecule has 0 radical (unpaired) electrons. The van der Waals surface area contributed by atoms with Crippen LogP contribution >= 0.6 is 7.60 Å². The molecule has 0 aromatic heterocycles. The second-order valence-corrected chi connectivity index (χ2v) is 6.01. The van der Waals surface area contributed by atoms with Gasteiger partial charge in [-0.15, -0.1) is 0 Å². The molecule has 6 nitrogen and oxygen atoms in total. The average Bonchev–Trinajstić information content (AvgIpc) is 1.99. The summed E-state index contributed by atoms with van der Waals surface area (Å²) in [6.45, 7) is 7.85. The molecule has 0 bridgehead atoms. The Kier molecular flexibility index (Phi) is 5.42. The predicted molar refractivity (Wildman–Crippen MR) is 56.5 cm³/mol. The lowest BCUT2D eigenvalue weighted by molar-refractivity contribution is -0.497. The summed E-state index contributed by atoms with van der Waals surface area (Å²) in [5.41, 5.74) is 0. The zero-order chi connectivity index (χ0) is 12.2. The van der Waals surface area contributed by atoms with Crippen LogP contribution in [0.4, 0.5) is 0 Å². The van der Waals surface area contributed by atoms with E-state index < -0.39 is 18.3 Å². The van der Waals surface area contributed by atoms with E-state index in [9.17, 15) is 14.7 Å². The van der Waals surface area contributed by atoms with Gasteiger partial charge in [0.2, 0.25) is 0 Å². The topological polar surface area (TPSA) is 78.7 Å². The van der Waals surface area contributed by atoms with Crippen molar-refractivity contribution in [3.8, 4) is 0 Å². The summed E-state index contributed by atoms with van der Waals surface area (Å²) in [7, 11) is -3.68. The average molecular weight is 239 g/mol. The van der Waals surface area contributed by atoms with Crippen molar-refractivity contribution in [2.45, 2.75) is 52.6 Å². The Morgan fingerprint density at radius 1 is 1.07 bits per heavy atom. The van der Waals surface area contributed by atoms with E-state index in [0.717, 1.165) is 0 Å². The van der Waals surface area contributed by atoms with Crippen LogP contribution in [-0.2, 0) is 13.6 Å². The maximum atomic E-state index is 12.1. The Balaban J connectivity index is 4.85. The summed E-state index contributed by atoms with van der Waals surface area (Å²) >= 11 is 0. The first-order valence-electron chi connectivity index (χ1n) is 4.79. The molecule has 0 aliphatic rings. The van der Waals surface area contributed by atoms with Crippen LogP contribution in [0.25, 0.3) is 0 Å². The van der Waals surface area contributed by atoms with Gasteiger partial charge in [0.05, 0.1) is 12.2 Å². The lowest BCUT2D eigenvalue weighted by Gasteiger charge is -2.22. The quantitative estimate of drug-likeness (QED) is 0.404. The highest BCUT2D eigenvalue weighted by atomic mass is 31.2. The van der Waals surface area contributed by atoms with E-state index in [-0.39, 0.29) is 12.2 Å². The first-order valence-corrected chi connectivity index (χ1v) is 6.40. The molecule has 0 fully saturated rings. The van der Waals surface area contributed by atoms with E-state index in [1.807, 2.05) is 0 Å². The van der Waals surface area contributed by atoms with Gasteiger partial charge in [-0.2, -0.15) is 0 Å². The van der Waals surface area contributed by atoms with Gasteiger partial charge in [-0.3, -0.25) is 14.7 Å². The molecular formula is C8H18NO5P. The molecule has 0 aliphatic heterocycles. The van der Waals surface area contributed by atoms with E-state index in [1.165, 1.54) is 6.92 Å². The van der Waals surface area contributed by atoms with Gasteiger partial charge in [0.25, 0.3) is 0 Å². The summed E-state index contributed by atoms with van der Waals surface area (Å²) in [5, 5.41) is 10.6. The summed E-state index contributed by atoms with van der Waals surface area (Å²) in [6.07, 6.45) is -0.756. The van der Waals surface area contributed by atoms with Gasteiger partial charge in [-0.25, -0.2) is 0 Å². The van der Waals surface area contributed by atoms with E-state index in [1.54, 1.807) is 27.7 Å². The minimum absolute atomic E-state index is 0.378. The van der Waals surface area contributed by atoms with Gasteiger partial charge in [0, 0.05) is 11.8 Å². The first kappa shape index (κ1) is 14.6. The zero-order valence-electron chi connectivity index (χ0n) is 9.67. The van der Waals surface area contributed by atoms with Crippen molar-refractivity contribution in [2.24, 2.45) is 0 Å². The van der Waals surface area contributed by atoms with Crippen LogP contribution in [0.2, 0.25) is 0 Å². The third-order valence-corrected chi connectivity index (χ3v) is 4.01. The standard InChI is InChI=1S/C8H18NO5P/c1-6(2)13-15(12,14-7(3)4)8(5)9(10)11/h6-8H,1-5H3/t8-/m0/s1. The fourth-order valence-corrected chi connectivity index (χ4v) is 2.71. The van der Waals surface area contributed by atoms with Gasteiger partial charge >= 0.3 is 13.4 Å². The Morgan fingerprint density at radius 3 is 1.60 bits per heavy atom. The van der Waals surface area contributed by atoms with Crippen molar-refractivity contribution in [3.05, 3.63) is 10.1 Å². The molecule has 0 saturated heterocycles. The summed E-state index contributed by atoms with van der Waals surface area (Å²) in [4.78, 5) is 9.93. The SMILES string of the molecule is CC(C)OP(=O)(OC(C)C)[C@@H](C)[N+](=O)[O-]. The molecule has 7 heteroatoms. The molecule has 0 N–H and O–H groups in total. The minimum atomic E-state index is -3.68. The van der Waals surface area contributed by atoms with Crippen LogP contribution in [0, 0.1) is 10.1 Å². The molecule has 0 heterocycles. The first-order chi connectivity index (χ1) is 6.69. The van der Waals surface area contributed by atoms with E-state index in [0.29, 0.717) is 0 Å². The Hall–Kier alpha value is -0.450. The van der Waals surface area contributed by atoms with Crippen molar-refractivity contribution in [3.63, 3.8) is 0 Å². The molecule has 0 aromatic carbocycles. The third kappa shape index (κ3) is 4.73. The van der Waals surface area contributed by atoms with Crippen LogP contribution in [0.1, 0.15) is 34.6 Å². The van der Waals surface area contributed by atoms with Crippen LogP contribution in [0.3, 0.4) is 0 Å². The number of nitrogens with zero attached hydrogens (tertiary/aromatic N) is 1. The molecule has 0 saturated carbocycles. The molecule has 0 rings (SSSR count). The monoisotopic (exact) mass is 239 g/mol. The molecule has 0 spiro atoms. The highest BCUT2D eigenvalue weighted by molar-refractivity contribution is 7.54. The van der Waals surface area contributed by atoms with E-state index in [2.05, 4.69) is 0 Å². The van der Waals surface area contributed by atoms with Crippen LogP contribution in [0.15, 0.2) is 0 Å². The summed E-state index contributed by atoms with van der Waals surface area (Å²) in [6, 6.07) is 0. The molecule has 0 aliphatic carbocycles.